The van der Waals surface area contributed by atoms with Gasteiger partial charge in [-0.15, -0.1) is 0 Å². The maximum atomic E-state index is 5.35. The van der Waals surface area contributed by atoms with Crippen molar-refractivity contribution in [3.63, 3.8) is 0 Å². The van der Waals surface area contributed by atoms with E-state index in [9.17, 15) is 0 Å². The molecule has 21 heavy (non-hydrogen) atoms. The highest BCUT2D eigenvalue weighted by Crippen LogP contribution is 1.96. The second-order valence-corrected chi connectivity index (χ2v) is 5.19. The van der Waals surface area contributed by atoms with E-state index in [1.54, 1.807) is 7.11 Å². The quantitative estimate of drug-likeness (QED) is 0.353. The largest absolute Gasteiger partial charge is 0.385 e. The number of guanidine groups is 1. The van der Waals surface area contributed by atoms with Gasteiger partial charge in [-0.3, -0.25) is 9.89 Å². The van der Waals surface area contributed by atoms with Crippen LogP contribution in [0.4, 0.5) is 0 Å². The first kappa shape index (κ1) is 18.2. The summed E-state index contributed by atoms with van der Waals surface area (Å²) in [5, 5.41) is 6.70. The molecule has 0 amide bonds. The highest BCUT2D eigenvalue weighted by atomic mass is 16.5. The van der Waals surface area contributed by atoms with Crippen LogP contribution in [0.3, 0.4) is 0 Å². The summed E-state index contributed by atoms with van der Waals surface area (Å²) in [4.78, 5) is 7.03. The van der Waals surface area contributed by atoms with Crippen LogP contribution in [0.15, 0.2) is 4.99 Å². The summed E-state index contributed by atoms with van der Waals surface area (Å²) in [7, 11) is 1.75. The molecule has 6 nitrogen and oxygen atoms in total. The van der Waals surface area contributed by atoms with Gasteiger partial charge in [0.2, 0.25) is 0 Å². The van der Waals surface area contributed by atoms with Crippen molar-refractivity contribution in [1.29, 1.82) is 0 Å². The molecule has 0 aromatic heterocycles. The van der Waals surface area contributed by atoms with E-state index in [0.717, 1.165) is 77.9 Å². The molecule has 0 aliphatic carbocycles. The third-order valence-electron chi connectivity index (χ3n) is 3.44. The molecule has 0 unspecified atom stereocenters. The molecular formula is C15H32N4O2. The van der Waals surface area contributed by atoms with Crippen molar-refractivity contribution in [1.82, 2.24) is 15.5 Å². The maximum absolute atomic E-state index is 5.35. The first-order valence-corrected chi connectivity index (χ1v) is 8.18. The molecule has 1 aliphatic heterocycles. The highest BCUT2D eigenvalue weighted by molar-refractivity contribution is 5.79. The van der Waals surface area contributed by atoms with Crippen molar-refractivity contribution in [3.8, 4) is 0 Å². The topological polar surface area (TPSA) is 58.1 Å². The Bertz CT molecular complexity index is 268. The lowest BCUT2D eigenvalue weighted by atomic mass is 10.2. The standard InChI is InChI=1S/C15H32N4O2/c1-3-16-15(17-7-5-4-6-12-20-2)18-8-9-19-10-13-21-14-11-19/h3-14H2,1-2H3,(H2,16,17,18). The summed E-state index contributed by atoms with van der Waals surface area (Å²) < 4.78 is 10.4. The normalized spacial score (nSPS) is 17.0. The highest BCUT2D eigenvalue weighted by Gasteiger charge is 2.09. The number of rotatable bonds is 10. The minimum absolute atomic E-state index is 0.849. The lowest BCUT2D eigenvalue weighted by Gasteiger charge is -2.26. The fourth-order valence-corrected chi connectivity index (χ4v) is 2.22. The van der Waals surface area contributed by atoms with Crippen molar-refractivity contribution in [3.05, 3.63) is 0 Å². The Hall–Kier alpha value is -0.850. The van der Waals surface area contributed by atoms with E-state index >= 15 is 0 Å². The SMILES string of the molecule is CCNC(=NCCCCCOC)NCCN1CCOCC1. The van der Waals surface area contributed by atoms with Gasteiger partial charge in [0.15, 0.2) is 5.96 Å². The molecule has 0 radical (unpaired) electrons. The van der Waals surface area contributed by atoms with E-state index in [4.69, 9.17) is 9.47 Å². The number of morpholine rings is 1. The van der Waals surface area contributed by atoms with Crippen LogP contribution >= 0.6 is 0 Å². The van der Waals surface area contributed by atoms with E-state index in [2.05, 4.69) is 27.4 Å². The van der Waals surface area contributed by atoms with Gasteiger partial charge in [0, 0.05) is 53.0 Å². The van der Waals surface area contributed by atoms with Crippen molar-refractivity contribution < 1.29 is 9.47 Å². The van der Waals surface area contributed by atoms with Gasteiger partial charge in [0.05, 0.1) is 13.2 Å². The molecular weight excluding hydrogens is 268 g/mol. The van der Waals surface area contributed by atoms with Crippen molar-refractivity contribution in [2.75, 3.05) is 66.2 Å². The Balaban J connectivity index is 2.12. The molecule has 0 spiro atoms. The van der Waals surface area contributed by atoms with Crippen molar-refractivity contribution >= 4 is 5.96 Å². The monoisotopic (exact) mass is 300 g/mol. The van der Waals surface area contributed by atoms with E-state index in [1.165, 1.54) is 6.42 Å². The van der Waals surface area contributed by atoms with Gasteiger partial charge in [0.25, 0.3) is 0 Å². The second-order valence-electron chi connectivity index (χ2n) is 5.19. The van der Waals surface area contributed by atoms with Crippen LogP contribution in [-0.2, 0) is 9.47 Å². The number of unbranched alkanes of at least 4 members (excludes halogenated alkanes) is 2. The predicted octanol–water partition coefficient (Wildman–Crippen LogP) is 0.690. The molecule has 1 rings (SSSR count). The van der Waals surface area contributed by atoms with Gasteiger partial charge >= 0.3 is 0 Å². The minimum atomic E-state index is 0.849. The Morgan fingerprint density at radius 1 is 1.19 bits per heavy atom. The zero-order chi connectivity index (χ0) is 15.2. The minimum Gasteiger partial charge on any atom is -0.385 e. The molecule has 1 saturated heterocycles. The van der Waals surface area contributed by atoms with Gasteiger partial charge in [-0.2, -0.15) is 0 Å². The van der Waals surface area contributed by atoms with Gasteiger partial charge in [-0.25, -0.2) is 0 Å². The zero-order valence-electron chi connectivity index (χ0n) is 13.7. The predicted molar refractivity (Wildman–Crippen MR) is 87.0 cm³/mol. The Morgan fingerprint density at radius 2 is 2.00 bits per heavy atom. The van der Waals surface area contributed by atoms with Crippen LogP contribution in [0.1, 0.15) is 26.2 Å². The van der Waals surface area contributed by atoms with Crippen LogP contribution in [0, 0.1) is 0 Å². The number of hydrogen-bond acceptors (Lipinski definition) is 4. The summed E-state index contributed by atoms with van der Waals surface area (Å²) in [5.74, 6) is 0.928. The van der Waals surface area contributed by atoms with Crippen LogP contribution < -0.4 is 10.6 Å². The summed E-state index contributed by atoms with van der Waals surface area (Å²) in [6.45, 7) is 10.5. The van der Waals surface area contributed by atoms with E-state index in [0.29, 0.717) is 0 Å². The van der Waals surface area contributed by atoms with Crippen LogP contribution in [0.25, 0.3) is 0 Å². The van der Waals surface area contributed by atoms with Crippen LogP contribution in [0.2, 0.25) is 0 Å². The fourth-order valence-electron chi connectivity index (χ4n) is 2.22. The molecule has 1 heterocycles. The number of ether oxygens (including phenoxy) is 2. The fraction of sp³-hybridized carbons (Fsp3) is 0.933. The lowest BCUT2D eigenvalue weighted by Crippen LogP contribution is -2.44. The van der Waals surface area contributed by atoms with E-state index < -0.39 is 0 Å². The van der Waals surface area contributed by atoms with Crippen LogP contribution in [0.5, 0.6) is 0 Å². The molecule has 1 fully saturated rings. The number of nitrogens with one attached hydrogen (secondary N) is 2. The molecule has 0 aromatic carbocycles. The lowest BCUT2D eigenvalue weighted by molar-refractivity contribution is 0.0389. The third kappa shape index (κ3) is 9.66. The van der Waals surface area contributed by atoms with E-state index in [1.807, 2.05) is 0 Å². The zero-order valence-corrected chi connectivity index (χ0v) is 13.7. The first-order chi connectivity index (χ1) is 10.4. The molecule has 0 atom stereocenters. The second kappa shape index (κ2) is 12.9. The van der Waals surface area contributed by atoms with Gasteiger partial charge in [0.1, 0.15) is 0 Å². The summed E-state index contributed by atoms with van der Waals surface area (Å²) in [6, 6.07) is 0. The Morgan fingerprint density at radius 3 is 2.71 bits per heavy atom. The number of hydrogen-bond donors (Lipinski definition) is 2. The summed E-state index contributed by atoms with van der Waals surface area (Å²) in [6.07, 6.45) is 3.40. The average molecular weight is 300 g/mol. The molecule has 2 N–H and O–H groups in total. The van der Waals surface area contributed by atoms with E-state index in [-0.39, 0.29) is 0 Å². The third-order valence-corrected chi connectivity index (χ3v) is 3.44. The van der Waals surface area contributed by atoms with Gasteiger partial charge in [-0.05, 0) is 26.2 Å². The van der Waals surface area contributed by atoms with Crippen molar-refractivity contribution in [2.45, 2.75) is 26.2 Å². The Labute approximate surface area is 129 Å². The molecule has 6 heteroatoms. The maximum Gasteiger partial charge on any atom is 0.191 e. The summed E-state index contributed by atoms with van der Waals surface area (Å²) in [5.41, 5.74) is 0. The van der Waals surface area contributed by atoms with Gasteiger partial charge in [-0.1, -0.05) is 0 Å². The first-order valence-electron chi connectivity index (χ1n) is 8.18. The number of nitrogens with zero attached hydrogens (tertiary/aromatic N) is 2. The molecule has 0 bridgehead atoms. The summed E-state index contributed by atoms with van der Waals surface area (Å²) >= 11 is 0. The average Bonchev–Trinajstić information content (AvgIpc) is 2.51. The number of methoxy groups -OCH3 is 1. The van der Waals surface area contributed by atoms with Crippen LogP contribution in [-0.4, -0.2) is 77.1 Å². The smallest absolute Gasteiger partial charge is 0.191 e. The molecule has 0 saturated carbocycles. The van der Waals surface area contributed by atoms with Gasteiger partial charge < -0.3 is 20.1 Å². The Kier molecular flexibility index (Phi) is 11.1. The molecule has 1 aliphatic rings. The number of aliphatic imine (C=N–C) groups is 1. The molecule has 0 aromatic rings. The molecule has 124 valence electrons. The van der Waals surface area contributed by atoms with Crippen molar-refractivity contribution in [2.24, 2.45) is 4.99 Å².